The molecular formula is C12H13BrO2. The van der Waals surface area contributed by atoms with Crippen LogP contribution in [0.3, 0.4) is 0 Å². The van der Waals surface area contributed by atoms with Gasteiger partial charge in [0.25, 0.3) is 0 Å². The molecule has 1 fully saturated rings. The van der Waals surface area contributed by atoms with Gasteiger partial charge < -0.3 is 9.47 Å². The van der Waals surface area contributed by atoms with E-state index in [1.807, 2.05) is 30.3 Å². The summed E-state index contributed by atoms with van der Waals surface area (Å²) in [6, 6.07) is 7.82. The van der Waals surface area contributed by atoms with Crippen molar-refractivity contribution in [2.24, 2.45) is 0 Å². The molecule has 1 heterocycles. The Kier molecular flexibility index (Phi) is 3.44. The van der Waals surface area contributed by atoms with Crippen molar-refractivity contribution in [1.29, 1.82) is 0 Å². The summed E-state index contributed by atoms with van der Waals surface area (Å²) in [5.74, 6) is 0.866. The molecular weight excluding hydrogens is 256 g/mol. The van der Waals surface area contributed by atoms with Gasteiger partial charge in [-0.05, 0) is 34.5 Å². The van der Waals surface area contributed by atoms with Crippen LogP contribution in [0.15, 0.2) is 41.4 Å². The van der Waals surface area contributed by atoms with Crippen molar-refractivity contribution in [3.63, 3.8) is 0 Å². The lowest BCUT2D eigenvalue weighted by Gasteiger charge is -2.05. The standard InChI is InChI=1S/C12H13BrO2/c1-2-5-11-12(15-11)8-14-10-7-4-3-6-9(10)13/h2-4,6-7,11-12H,1,5,8H2. The number of para-hydroxylation sites is 1. The van der Waals surface area contributed by atoms with E-state index in [0.29, 0.717) is 12.7 Å². The fraction of sp³-hybridized carbons (Fsp3) is 0.333. The van der Waals surface area contributed by atoms with Crippen LogP contribution in [0.1, 0.15) is 6.42 Å². The van der Waals surface area contributed by atoms with Gasteiger partial charge in [-0.2, -0.15) is 0 Å². The Morgan fingerprint density at radius 3 is 2.93 bits per heavy atom. The third-order valence-corrected chi connectivity index (χ3v) is 2.98. The molecule has 3 heteroatoms. The molecule has 1 aromatic rings. The normalized spacial score (nSPS) is 23.5. The fourth-order valence-electron chi connectivity index (χ4n) is 1.43. The van der Waals surface area contributed by atoms with Crippen LogP contribution in [0.4, 0.5) is 0 Å². The summed E-state index contributed by atoms with van der Waals surface area (Å²) in [4.78, 5) is 0. The van der Waals surface area contributed by atoms with E-state index in [4.69, 9.17) is 9.47 Å². The van der Waals surface area contributed by atoms with Crippen LogP contribution in [-0.4, -0.2) is 18.8 Å². The van der Waals surface area contributed by atoms with Crippen molar-refractivity contribution in [3.8, 4) is 5.75 Å². The molecule has 0 amide bonds. The van der Waals surface area contributed by atoms with Crippen molar-refractivity contribution in [3.05, 3.63) is 41.4 Å². The third-order valence-electron chi connectivity index (χ3n) is 2.33. The van der Waals surface area contributed by atoms with Crippen LogP contribution >= 0.6 is 15.9 Å². The maximum Gasteiger partial charge on any atom is 0.133 e. The smallest absolute Gasteiger partial charge is 0.133 e. The molecule has 0 saturated carbocycles. The van der Waals surface area contributed by atoms with Crippen molar-refractivity contribution in [2.45, 2.75) is 18.6 Å². The van der Waals surface area contributed by atoms with Crippen molar-refractivity contribution < 1.29 is 9.47 Å². The first-order valence-electron chi connectivity index (χ1n) is 4.95. The van der Waals surface area contributed by atoms with Crippen LogP contribution in [0.25, 0.3) is 0 Å². The van der Waals surface area contributed by atoms with Crippen molar-refractivity contribution in [2.75, 3.05) is 6.61 Å². The van der Waals surface area contributed by atoms with Gasteiger partial charge in [0.2, 0.25) is 0 Å². The minimum Gasteiger partial charge on any atom is -0.490 e. The average Bonchev–Trinajstić information content (AvgIpc) is 2.96. The Labute approximate surface area is 98.0 Å². The lowest BCUT2D eigenvalue weighted by molar-refractivity contribution is 0.259. The predicted octanol–water partition coefficient (Wildman–Crippen LogP) is 3.17. The van der Waals surface area contributed by atoms with Gasteiger partial charge in [-0.1, -0.05) is 18.2 Å². The first-order valence-corrected chi connectivity index (χ1v) is 5.74. The Bertz CT molecular complexity index is 351. The number of rotatable bonds is 5. The number of hydrogen-bond donors (Lipinski definition) is 0. The molecule has 15 heavy (non-hydrogen) atoms. The maximum atomic E-state index is 5.63. The molecule has 2 atom stereocenters. The Balaban J connectivity index is 1.80. The van der Waals surface area contributed by atoms with E-state index in [0.717, 1.165) is 16.6 Å². The lowest BCUT2D eigenvalue weighted by atomic mass is 10.2. The number of hydrogen-bond acceptors (Lipinski definition) is 2. The van der Waals surface area contributed by atoms with Gasteiger partial charge in [0.1, 0.15) is 18.5 Å². The summed E-state index contributed by atoms with van der Waals surface area (Å²) in [5.41, 5.74) is 0. The molecule has 2 rings (SSSR count). The molecule has 1 saturated heterocycles. The molecule has 80 valence electrons. The summed E-state index contributed by atoms with van der Waals surface area (Å²) in [6.07, 6.45) is 3.33. The second-order valence-electron chi connectivity index (χ2n) is 3.48. The largest absolute Gasteiger partial charge is 0.490 e. The van der Waals surface area contributed by atoms with Crippen LogP contribution in [-0.2, 0) is 4.74 Å². The van der Waals surface area contributed by atoms with Gasteiger partial charge in [-0.3, -0.25) is 0 Å². The van der Waals surface area contributed by atoms with E-state index >= 15 is 0 Å². The van der Waals surface area contributed by atoms with Crippen molar-refractivity contribution >= 4 is 15.9 Å². The molecule has 0 N–H and O–H groups in total. The van der Waals surface area contributed by atoms with Gasteiger partial charge in [0, 0.05) is 0 Å². The second kappa shape index (κ2) is 4.81. The van der Waals surface area contributed by atoms with Crippen LogP contribution in [0, 0.1) is 0 Å². The van der Waals surface area contributed by atoms with Gasteiger partial charge in [0.05, 0.1) is 10.6 Å². The van der Waals surface area contributed by atoms with Gasteiger partial charge in [-0.25, -0.2) is 0 Å². The summed E-state index contributed by atoms with van der Waals surface area (Å²) in [5, 5.41) is 0. The lowest BCUT2D eigenvalue weighted by Crippen LogP contribution is -2.07. The zero-order valence-electron chi connectivity index (χ0n) is 8.36. The summed E-state index contributed by atoms with van der Waals surface area (Å²) in [7, 11) is 0. The third kappa shape index (κ3) is 2.83. The van der Waals surface area contributed by atoms with Gasteiger partial charge in [-0.15, -0.1) is 6.58 Å². The Morgan fingerprint density at radius 1 is 1.40 bits per heavy atom. The van der Waals surface area contributed by atoms with Crippen LogP contribution in [0.2, 0.25) is 0 Å². The summed E-state index contributed by atoms with van der Waals surface area (Å²) >= 11 is 3.43. The van der Waals surface area contributed by atoms with E-state index in [-0.39, 0.29) is 6.10 Å². The molecule has 2 unspecified atom stereocenters. The van der Waals surface area contributed by atoms with E-state index < -0.39 is 0 Å². The Hall–Kier alpha value is -0.800. The number of ether oxygens (including phenoxy) is 2. The minimum atomic E-state index is 0.232. The minimum absolute atomic E-state index is 0.232. The quantitative estimate of drug-likeness (QED) is 0.605. The highest BCUT2D eigenvalue weighted by Crippen LogP contribution is 2.29. The Morgan fingerprint density at radius 2 is 2.20 bits per heavy atom. The first kappa shape index (κ1) is 10.7. The van der Waals surface area contributed by atoms with E-state index in [9.17, 15) is 0 Å². The highest BCUT2D eigenvalue weighted by atomic mass is 79.9. The predicted molar refractivity (Wildman–Crippen MR) is 63.1 cm³/mol. The highest BCUT2D eigenvalue weighted by molar-refractivity contribution is 9.10. The molecule has 2 nitrogen and oxygen atoms in total. The summed E-state index contributed by atoms with van der Waals surface area (Å²) in [6.45, 7) is 4.29. The molecule has 1 aromatic carbocycles. The van der Waals surface area contributed by atoms with Crippen molar-refractivity contribution in [1.82, 2.24) is 0 Å². The second-order valence-corrected chi connectivity index (χ2v) is 4.33. The zero-order valence-corrected chi connectivity index (χ0v) is 9.94. The van der Waals surface area contributed by atoms with E-state index in [1.165, 1.54) is 0 Å². The SMILES string of the molecule is C=CCC1OC1COc1ccccc1Br. The molecule has 1 aliphatic heterocycles. The maximum absolute atomic E-state index is 5.63. The molecule has 0 aromatic heterocycles. The molecule has 0 aliphatic carbocycles. The topological polar surface area (TPSA) is 21.8 Å². The first-order chi connectivity index (χ1) is 7.31. The van der Waals surface area contributed by atoms with Crippen LogP contribution < -0.4 is 4.74 Å². The van der Waals surface area contributed by atoms with Gasteiger partial charge in [0.15, 0.2) is 0 Å². The monoisotopic (exact) mass is 268 g/mol. The van der Waals surface area contributed by atoms with E-state index in [1.54, 1.807) is 0 Å². The molecule has 0 bridgehead atoms. The summed E-state index contributed by atoms with van der Waals surface area (Å²) < 4.78 is 12.0. The average molecular weight is 269 g/mol. The molecule has 0 radical (unpaired) electrons. The number of halogens is 1. The number of benzene rings is 1. The zero-order chi connectivity index (χ0) is 10.7. The number of epoxide rings is 1. The van der Waals surface area contributed by atoms with Crippen LogP contribution in [0.5, 0.6) is 5.75 Å². The molecule has 1 aliphatic rings. The van der Waals surface area contributed by atoms with E-state index in [2.05, 4.69) is 22.5 Å². The molecule has 0 spiro atoms. The van der Waals surface area contributed by atoms with Gasteiger partial charge >= 0.3 is 0 Å². The highest BCUT2D eigenvalue weighted by Gasteiger charge is 2.38. The fourth-order valence-corrected chi connectivity index (χ4v) is 1.83.